The number of rotatable bonds is 1. The van der Waals surface area contributed by atoms with Gasteiger partial charge < -0.3 is 0 Å². The standard InChI is InChI=1S/C8H6F4O2S/c1-15(13,14)7-5(8(10,11)12)3-2-4-6(7)9/h2-4H,1H3. The van der Waals surface area contributed by atoms with Gasteiger partial charge in [0.25, 0.3) is 0 Å². The molecule has 0 spiro atoms. The first-order valence-electron chi connectivity index (χ1n) is 3.70. The Hall–Kier alpha value is -1.11. The van der Waals surface area contributed by atoms with E-state index in [0.29, 0.717) is 18.4 Å². The number of hydrogen-bond acceptors (Lipinski definition) is 2. The van der Waals surface area contributed by atoms with E-state index in [2.05, 4.69) is 0 Å². The minimum absolute atomic E-state index is 0.527. The van der Waals surface area contributed by atoms with Crippen LogP contribution in [0.4, 0.5) is 17.6 Å². The Balaban J connectivity index is 3.63. The summed E-state index contributed by atoms with van der Waals surface area (Å²) in [7, 11) is -4.24. The van der Waals surface area contributed by atoms with Crippen LogP contribution in [0.2, 0.25) is 0 Å². The SMILES string of the molecule is CS(=O)(=O)c1c(F)cccc1C(F)(F)F. The summed E-state index contributed by atoms with van der Waals surface area (Å²) in [5, 5.41) is 0. The summed E-state index contributed by atoms with van der Waals surface area (Å²) in [6.45, 7) is 0. The molecule has 0 aliphatic heterocycles. The molecule has 0 aromatic heterocycles. The van der Waals surface area contributed by atoms with Crippen LogP contribution in [0.25, 0.3) is 0 Å². The van der Waals surface area contributed by atoms with E-state index in [9.17, 15) is 26.0 Å². The van der Waals surface area contributed by atoms with E-state index in [-0.39, 0.29) is 0 Å². The van der Waals surface area contributed by atoms with Crippen molar-refractivity contribution in [2.45, 2.75) is 11.1 Å². The summed E-state index contributed by atoms with van der Waals surface area (Å²) < 4.78 is 71.9. The second kappa shape index (κ2) is 3.48. The Morgan fingerprint density at radius 3 is 2.07 bits per heavy atom. The Morgan fingerprint density at radius 2 is 1.73 bits per heavy atom. The number of hydrogen-bond donors (Lipinski definition) is 0. The molecule has 2 nitrogen and oxygen atoms in total. The lowest BCUT2D eigenvalue weighted by molar-refractivity contribution is -0.140. The maximum atomic E-state index is 13.0. The van der Waals surface area contributed by atoms with Crippen LogP contribution in [-0.2, 0) is 16.0 Å². The van der Waals surface area contributed by atoms with Crippen molar-refractivity contribution in [3.8, 4) is 0 Å². The normalized spacial score (nSPS) is 12.9. The van der Waals surface area contributed by atoms with Crippen molar-refractivity contribution in [1.29, 1.82) is 0 Å². The quantitative estimate of drug-likeness (QED) is 0.708. The van der Waals surface area contributed by atoms with Gasteiger partial charge in [0.1, 0.15) is 10.7 Å². The second-order valence-corrected chi connectivity index (χ2v) is 4.84. The van der Waals surface area contributed by atoms with Gasteiger partial charge in [-0.1, -0.05) is 6.07 Å². The van der Waals surface area contributed by atoms with Gasteiger partial charge in [-0.2, -0.15) is 13.2 Å². The van der Waals surface area contributed by atoms with Crippen LogP contribution in [0, 0.1) is 5.82 Å². The number of halogens is 4. The molecule has 0 amide bonds. The van der Waals surface area contributed by atoms with Gasteiger partial charge in [0.05, 0.1) is 5.56 Å². The molecular formula is C8H6F4O2S. The highest BCUT2D eigenvalue weighted by Crippen LogP contribution is 2.35. The van der Waals surface area contributed by atoms with Crippen LogP contribution >= 0.6 is 0 Å². The molecule has 0 aliphatic carbocycles. The zero-order chi connectivity index (χ0) is 11.9. The fraction of sp³-hybridized carbons (Fsp3) is 0.250. The third-order valence-electron chi connectivity index (χ3n) is 1.64. The Labute approximate surface area is 83.4 Å². The van der Waals surface area contributed by atoms with Crippen LogP contribution in [-0.4, -0.2) is 14.7 Å². The molecule has 0 saturated heterocycles. The van der Waals surface area contributed by atoms with Crippen LogP contribution in [0.1, 0.15) is 5.56 Å². The number of benzene rings is 1. The highest BCUT2D eigenvalue weighted by molar-refractivity contribution is 7.90. The zero-order valence-electron chi connectivity index (χ0n) is 7.47. The highest BCUT2D eigenvalue weighted by atomic mass is 32.2. The molecule has 15 heavy (non-hydrogen) atoms. The molecule has 0 radical (unpaired) electrons. The van der Waals surface area contributed by atoms with Crippen LogP contribution in [0.15, 0.2) is 23.1 Å². The van der Waals surface area contributed by atoms with Crippen molar-refractivity contribution >= 4 is 9.84 Å². The molecular weight excluding hydrogens is 236 g/mol. The molecule has 1 aromatic carbocycles. The molecule has 0 bridgehead atoms. The molecule has 84 valence electrons. The highest BCUT2D eigenvalue weighted by Gasteiger charge is 2.37. The lowest BCUT2D eigenvalue weighted by Gasteiger charge is -2.11. The number of sulfone groups is 1. The molecule has 0 unspecified atom stereocenters. The van der Waals surface area contributed by atoms with E-state index in [1.54, 1.807) is 0 Å². The predicted octanol–water partition coefficient (Wildman–Crippen LogP) is 2.25. The molecule has 7 heteroatoms. The second-order valence-electron chi connectivity index (χ2n) is 2.89. The maximum Gasteiger partial charge on any atom is 0.417 e. The summed E-state index contributed by atoms with van der Waals surface area (Å²) in [6, 6.07) is 2.01. The predicted molar refractivity (Wildman–Crippen MR) is 44.5 cm³/mol. The molecule has 0 atom stereocenters. The average molecular weight is 242 g/mol. The van der Waals surface area contributed by atoms with E-state index < -0.39 is 32.3 Å². The molecule has 1 rings (SSSR count). The summed E-state index contributed by atoms with van der Waals surface area (Å²) >= 11 is 0. The fourth-order valence-corrected chi connectivity index (χ4v) is 2.11. The summed E-state index contributed by atoms with van der Waals surface area (Å²) in [5.74, 6) is -1.40. The Kier molecular flexibility index (Phi) is 2.77. The van der Waals surface area contributed by atoms with Crippen molar-refractivity contribution in [2.75, 3.05) is 6.26 Å². The van der Waals surface area contributed by atoms with E-state index in [4.69, 9.17) is 0 Å². The van der Waals surface area contributed by atoms with Gasteiger partial charge in [-0.15, -0.1) is 0 Å². The van der Waals surface area contributed by atoms with Gasteiger partial charge >= 0.3 is 6.18 Å². The third-order valence-corrected chi connectivity index (χ3v) is 2.80. The third kappa shape index (κ3) is 2.47. The van der Waals surface area contributed by atoms with Crippen LogP contribution in [0.3, 0.4) is 0 Å². The lowest BCUT2D eigenvalue weighted by atomic mass is 10.2. The summed E-state index contributed by atoms with van der Waals surface area (Å²) in [5.41, 5.74) is -1.48. The summed E-state index contributed by atoms with van der Waals surface area (Å²) in [4.78, 5) is -1.31. The van der Waals surface area contributed by atoms with Gasteiger partial charge in [0.2, 0.25) is 0 Å². The molecule has 1 aromatic rings. The number of alkyl halides is 3. The minimum Gasteiger partial charge on any atom is -0.224 e. The lowest BCUT2D eigenvalue weighted by Crippen LogP contribution is -2.14. The first kappa shape index (κ1) is 12.0. The largest absolute Gasteiger partial charge is 0.417 e. The molecule has 0 N–H and O–H groups in total. The van der Waals surface area contributed by atoms with Gasteiger partial charge in [-0.25, -0.2) is 12.8 Å². The van der Waals surface area contributed by atoms with Crippen LogP contribution in [0.5, 0.6) is 0 Å². The molecule has 0 aliphatic rings. The van der Waals surface area contributed by atoms with Crippen LogP contribution < -0.4 is 0 Å². The topological polar surface area (TPSA) is 34.1 Å². The fourth-order valence-electron chi connectivity index (χ4n) is 1.11. The van der Waals surface area contributed by atoms with Gasteiger partial charge in [-0.05, 0) is 12.1 Å². The van der Waals surface area contributed by atoms with Gasteiger partial charge in [0.15, 0.2) is 9.84 Å². The van der Waals surface area contributed by atoms with E-state index in [1.807, 2.05) is 0 Å². The summed E-state index contributed by atoms with van der Waals surface area (Å²) in [6.07, 6.45) is -4.36. The van der Waals surface area contributed by atoms with Crippen molar-refractivity contribution < 1.29 is 26.0 Å². The molecule has 0 fully saturated rings. The molecule has 0 heterocycles. The van der Waals surface area contributed by atoms with Crippen molar-refractivity contribution in [2.24, 2.45) is 0 Å². The average Bonchev–Trinajstić information content (AvgIpc) is 1.99. The van der Waals surface area contributed by atoms with Crippen molar-refractivity contribution in [1.82, 2.24) is 0 Å². The smallest absolute Gasteiger partial charge is 0.224 e. The molecule has 0 saturated carbocycles. The first-order chi connectivity index (χ1) is 6.64. The Morgan fingerprint density at radius 1 is 1.20 bits per heavy atom. The van der Waals surface area contributed by atoms with Crippen molar-refractivity contribution in [3.05, 3.63) is 29.6 Å². The zero-order valence-corrected chi connectivity index (χ0v) is 8.29. The maximum absolute atomic E-state index is 13.0. The van der Waals surface area contributed by atoms with Gasteiger partial charge in [0, 0.05) is 6.26 Å². The monoisotopic (exact) mass is 242 g/mol. The van der Waals surface area contributed by atoms with E-state index in [0.717, 1.165) is 6.07 Å². The van der Waals surface area contributed by atoms with Crippen molar-refractivity contribution in [3.63, 3.8) is 0 Å². The Bertz CT molecular complexity index is 476. The van der Waals surface area contributed by atoms with Gasteiger partial charge in [-0.3, -0.25) is 0 Å². The van der Waals surface area contributed by atoms with E-state index >= 15 is 0 Å². The first-order valence-corrected chi connectivity index (χ1v) is 5.59. The van der Waals surface area contributed by atoms with E-state index in [1.165, 1.54) is 0 Å². The minimum atomic E-state index is -4.89.